The molecular formula is C17H34N2O. The van der Waals surface area contributed by atoms with Crippen LogP contribution in [0.3, 0.4) is 0 Å². The predicted molar refractivity (Wildman–Crippen MR) is 85.1 cm³/mol. The van der Waals surface area contributed by atoms with E-state index in [-0.39, 0.29) is 0 Å². The van der Waals surface area contributed by atoms with E-state index in [0.717, 1.165) is 32.2 Å². The van der Waals surface area contributed by atoms with Gasteiger partial charge in [0.1, 0.15) is 0 Å². The lowest BCUT2D eigenvalue weighted by atomic mass is 9.81. The molecule has 0 radical (unpaired) electrons. The van der Waals surface area contributed by atoms with Crippen molar-refractivity contribution in [3.63, 3.8) is 0 Å². The minimum Gasteiger partial charge on any atom is -0.381 e. The number of likely N-dealkylation sites (tertiary alicyclic amines) is 1. The van der Waals surface area contributed by atoms with Crippen LogP contribution in [0, 0.1) is 11.3 Å². The third kappa shape index (κ3) is 4.71. The molecular weight excluding hydrogens is 248 g/mol. The molecule has 0 amide bonds. The van der Waals surface area contributed by atoms with Crippen LogP contribution in [0.25, 0.3) is 0 Å². The van der Waals surface area contributed by atoms with Gasteiger partial charge in [0.2, 0.25) is 0 Å². The van der Waals surface area contributed by atoms with E-state index in [9.17, 15) is 0 Å². The van der Waals surface area contributed by atoms with Gasteiger partial charge in [-0.15, -0.1) is 0 Å². The standard InChI is InChI=1S/C17H34N2O/c1-3-6-16-7-10-19(12-16)14-17(13-18-9-4-2)8-5-11-20-15-17/h16,18H,3-15H2,1-2H3. The Morgan fingerprint density at radius 3 is 2.90 bits per heavy atom. The summed E-state index contributed by atoms with van der Waals surface area (Å²) < 4.78 is 5.83. The molecule has 1 N–H and O–H groups in total. The Balaban J connectivity index is 1.84. The summed E-state index contributed by atoms with van der Waals surface area (Å²) in [6.45, 7) is 12.6. The van der Waals surface area contributed by atoms with Gasteiger partial charge in [-0.3, -0.25) is 0 Å². The highest BCUT2D eigenvalue weighted by molar-refractivity contribution is 4.89. The number of nitrogens with zero attached hydrogens (tertiary/aromatic N) is 1. The summed E-state index contributed by atoms with van der Waals surface area (Å²) in [7, 11) is 0. The molecule has 2 fully saturated rings. The van der Waals surface area contributed by atoms with Crippen molar-refractivity contribution < 1.29 is 4.74 Å². The highest BCUT2D eigenvalue weighted by atomic mass is 16.5. The maximum Gasteiger partial charge on any atom is 0.0546 e. The van der Waals surface area contributed by atoms with Crippen molar-refractivity contribution in [1.82, 2.24) is 10.2 Å². The Morgan fingerprint density at radius 2 is 2.20 bits per heavy atom. The molecule has 0 aromatic rings. The predicted octanol–water partition coefficient (Wildman–Crippen LogP) is 2.90. The lowest BCUT2D eigenvalue weighted by molar-refractivity contribution is -0.0234. The highest BCUT2D eigenvalue weighted by Crippen LogP contribution is 2.32. The molecule has 2 saturated heterocycles. The smallest absolute Gasteiger partial charge is 0.0546 e. The number of nitrogens with one attached hydrogen (secondary N) is 1. The van der Waals surface area contributed by atoms with Gasteiger partial charge >= 0.3 is 0 Å². The molecule has 3 nitrogen and oxygen atoms in total. The third-order valence-corrected chi connectivity index (χ3v) is 4.96. The lowest BCUT2D eigenvalue weighted by Crippen LogP contribution is -2.48. The molecule has 20 heavy (non-hydrogen) atoms. The summed E-state index contributed by atoms with van der Waals surface area (Å²) in [5, 5.41) is 3.65. The van der Waals surface area contributed by atoms with Crippen molar-refractivity contribution in [3.05, 3.63) is 0 Å². The molecule has 3 heteroatoms. The van der Waals surface area contributed by atoms with Crippen molar-refractivity contribution >= 4 is 0 Å². The van der Waals surface area contributed by atoms with Crippen LogP contribution in [-0.2, 0) is 4.74 Å². The Kier molecular flexibility index (Phi) is 6.79. The lowest BCUT2D eigenvalue weighted by Gasteiger charge is -2.40. The molecule has 2 unspecified atom stereocenters. The van der Waals surface area contributed by atoms with Crippen molar-refractivity contribution in [1.29, 1.82) is 0 Å². The number of hydrogen-bond acceptors (Lipinski definition) is 3. The van der Waals surface area contributed by atoms with E-state index >= 15 is 0 Å². The Morgan fingerprint density at radius 1 is 1.30 bits per heavy atom. The first-order valence-electron chi connectivity index (χ1n) is 8.79. The monoisotopic (exact) mass is 282 g/mol. The van der Waals surface area contributed by atoms with Gasteiger partial charge in [-0.2, -0.15) is 0 Å². The maximum atomic E-state index is 5.83. The normalized spacial score (nSPS) is 31.8. The molecule has 0 spiro atoms. The van der Waals surface area contributed by atoms with E-state index in [4.69, 9.17) is 4.74 Å². The van der Waals surface area contributed by atoms with Crippen LogP contribution >= 0.6 is 0 Å². The number of ether oxygens (including phenoxy) is 1. The average molecular weight is 282 g/mol. The topological polar surface area (TPSA) is 24.5 Å². The van der Waals surface area contributed by atoms with Gasteiger partial charge < -0.3 is 15.0 Å². The Bertz CT molecular complexity index is 264. The minimum atomic E-state index is 0.370. The SMILES string of the molecule is CCCNCC1(CN2CCC(CCC)C2)CCCOC1. The molecule has 0 saturated carbocycles. The number of hydrogen-bond donors (Lipinski definition) is 1. The van der Waals surface area contributed by atoms with Crippen LogP contribution < -0.4 is 5.32 Å². The van der Waals surface area contributed by atoms with Crippen LogP contribution in [0.4, 0.5) is 0 Å². The van der Waals surface area contributed by atoms with Gasteiger partial charge in [0.25, 0.3) is 0 Å². The van der Waals surface area contributed by atoms with Crippen molar-refractivity contribution in [2.24, 2.45) is 11.3 Å². The first kappa shape index (κ1) is 16.3. The molecule has 2 heterocycles. The molecule has 2 aliphatic heterocycles. The van der Waals surface area contributed by atoms with Gasteiger partial charge in [0, 0.05) is 31.7 Å². The van der Waals surface area contributed by atoms with Crippen LogP contribution in [0.5, 0.6) is 0 Å². The average Bonchev–Trinajstić information content (AvgIpc) is 2.88. The zero-order valence-electron chi connectivity index (χ0n) is 13.6. The fourth-order valence-corrected chi connectivity index (χ4v) is 3.94. The van der Waals surface area contributed by atoms with Crippen molar-refractivity contribution in [3.8, 4) is 0 Å². The molecule has 0 aromatic carbocycles. The van der Waals surface area contributed by atoms with Crippen molar-refractivity contribution in [2.75, 3.05) is 45.9 Å². The molecule has 2 aliphatic rings. The van der Waals surface area contributed by atoms with Crippen LogP contribution in [-0.4, -0.2) is 50.8 Å². The maximum absolute atomic E-state index is 5.83. The second-order valence-corrected chi connectivity index (χ2v) is 7.01. The largest absolute Gasteiger partial charge is 0.381 e. The van der Waals surface area contributed by atoms with E-state index in [0.29, 0.717) is 5.41 Å². The van der Waals surface area contributed by atoms with Gasteiger partial charge in [0.15, 0.2) is 0 Å². The first-order chi connectivity index (χ1) is 9.78. The fraction of sp³-hybridized carbons (Fsp3) is 1.00. The van der Waals surface area contributed by atoms with E-state index in [1.54, 1.807) is 0 Å². The zero-order chi connectivity index (χ0) is 14.3. The summed E-state index contributed by atoms with van der Waals surface area (Å²) >= 11 is 0. The fourth-order valence-electron chi connectivity index (χ4n) is 3.94. The Labute approximate surface area is 125 Å². The van der Waals surface area contributed by atoms with Crippen LogP contribution in [0.15, 0.2) is 0 Å². The second-order valence-electron chi connectivity index (χ2n) is 7.01. The third-order valence-electron chi connectivity index (χ3n) is 4.96. The van der Waals surface area contributed by atoms with Gasteiger partial charge in [-0.05, 0) is 51.1 Å². The molecule has 2 rings (SSSR count). The minimum absolute atomic E-state index is 0.370. The van der Waals surface area contributed by atoms with Crippen LogP contribution in [0.1, 0.15) is 52.4 Å². The van der Waals surface area contributed by atoms with E-state index < -0.39 is 0 Å². The molecule has 0 aliphatic carbocycles. The molecule has 0 aromatic heterocycles. The summed E-state index contributed by atoms with van der Waals surface area (Å²) in [5.41, 5.74) is 0.370. The summed E-state index contributed by atoms with van der Waals surface area (Å²) in [6, 6.07) is 0. The van der Waals surface area contributed by atoms with Crippen molar-refractivity contribution in [2.45, 2.75) is 52.4 Å². The summed E-state index contributed by atoms with van der Waals surface area (Å²) in [5.74, 6) is 0.949. The van der Waals surface area contributed by atoms with E-state index in [2.05, 4.69) is 24.1 Å². The first-order valence-corrected chi connectivity index (χ1v) is 8.79. The molecule has 118 valence electrons. The summed E-state index contributed by atoms with van der Waals surface area (Å²) in [6.07, 6.45) is 7.95. The van der Waals surface area contributed by atoms with Gasteiger partial charge in [-0.25, -0.2) is 0 Å². The Hall–Kier alpha value is -0.120. The summed E-state index contributed by atoms with van der Waals surface area (Å²) in [4.78, 5) is 2.71. The van der Waals surface area contributed by atoms with Gasteiger partial charge in [0.05, 0.1) is 6.61 Å². The molecule has 0 bridgehead atoms. The molecule has 2 atom stereocenters. The highest BCUT2D eigenvalue weighted by Gasteiger charge is 2.36. The van der Waals surface area contributed by atoms with Crippen LogP contribution in [0.2, 0.25) is 0 Å². The zero-order valence-corrected chi connectivity index (χ0v) is 13.6. The second kappa shape index (κ2) is 8.35. The quantitative estimate of drug-likeness (QED) is 0.693. The number of rotatable bonds is 8. The van der Waals surface area contributed by atoms with E-state index in [1.807, 2.05) is 0 Å². The van der Waals surface area contributed by atoms with Gasteiger partial charge in [-0.1, -0.05) is 20.3 Å². The van der Waals surface area contributed by atoms with E-state index in [1.165, 1.54) is 58.2 Å².